The van der Waals surface area contributed by atoms with Gasteiger partial charge in [-0.1, -0.05) is 12.1 Å². The lowest BCUT2D eigenvalue weighted by atomic mass is 9.97. The van der Waals surface area contributed by atoms with Crippen LogP contribution in [0.3, 0.4) is 0 Å². The van der Waals surface area contributed by atoms with Gasteiger partial charge in [-0.3, -0.25) is 19.5 Å². The number of carbonyl (C=O) groups is 2. The van der Waals surface area contributed by atoms with Crippen LogP contribution in [0.25, 0.3) is 5.76 Å². The average Bonchev–Trinajstić information content (AvgIpc) is 3.11. The van der Waals surface area contributed by atoms with E-state index in [-0.39, 0.29) is 16.9 Å². The van der Waals surface area contributed by atoms with Gasteiger partial charge in [-0.05, 0) is 61.4 Å². The van der Waals surface area contributed by atoms with Gasteiger partial charge in [0.2, 0.25) is 0 Å². The molecule has 0 bridgehead atoms. The molecule has 4 rings (SSSR count). The van der Waals surface area contributed by atoms with E-state index >= 15 is 0 Å². The van der Waals surface area contributed by atoms with Crippen LogP contribution >= 0.6 is 0 Å². The smallest absolute Gasteiger partial charge is 0.300 e. The summed E-state index contributed by atoms with van der Waals surface area (Å²) >= 11 is 0. The summed E-state index contributed by atoms with van der Waals surface area (Å²) in [5, 5.41) is 11.3. The number of anilines is 1. The van der Waals surface area contributed by atoms with Gasteiger partial charge in [0, 0.05) is 18.0 Å². The van der Waals surface area contributed by atoms with Crippen molar-refractivity contribution in [1.82, 2.24) is 4.98 Å². The molecule has 1 aliphatic heterocycles. The number of aliphatic hydroxyl groups excluding tert-OH is 1. The van der Waals surface area contributed by atoms with E-state index in [4.69, 9.17) is 9.47 Å². The summed E-state index contributed by atoms with van der Waals surface area (Å²) in [5.74, 6) is -1.03. The summed E-state index contributed by atoms with van der Waals surface area (Å²) in [6.45, 7) is 3.91. The van der Waals surface area contributed by atoms with Crippen LogP contribution in [0.5, 0.6) is 11.5 Å². The molecule has 1 fully saturated rings. The molecule has 1 amide bonds. The highest BCUT2D eigenvalue weighted by Crippen LogP contribution is 2.43. The number of hydrogen-bond donors (Lipinski definition) is 1. The average molecular weight is 444 g/mol. The van der Waals surface area contributed by atoms with Gasteiger partial charge in [-0.2, -0.15) is 0 Å². The summed E-state index contributed by atoms with van der Waals surface area (Å²) in [5.41, 5.74) is 3.27. The predicted molar refractivity (Wildman–Crippen MR) is 124 cm³/mol. The van der Waals surface area contributed by atoms with Crippen LogP contribution in [0, 0.1) is 13.8 Å². The molecule has 0 spiro atoms. The molecule has 0 saturated carbocycles. The minimum Gasteiger partial charge on any atom is -0.507 e. The van der Waals surface area contributed by atoms with Crippen molar-refractivity contribution in [1.29, 1.82) is 0 Å². The number of carbonyl (C=O) groups excluding carboxylic acids is 2. The molecular formula is C26H24N2O5. The minimum absolute atomic E-state index is 0.0552. The number of amides is 1. The van der Waals surface area contributed by atoms with E-state index in [1.165, 1.54) is 19.1 Å². The molecule has 2 heterocycles. The Hall–Kier alpha value is -4.13. The second kappa shape index (κ2) is 8.78. The molecule has 1 saturated heterocycles. The summed E-state index contributed by atoms with van der Waals surface area (Å²) in [7, 11) is 2.97. The highest BCUT2D eigenvalue weighted by Gasteiger charge is 2.47. The summed E-state index contributed by atoms with van der Waals surface area (Å²) < 4.78 is 10.6. The molecule has 2 aromatic carbocycles. The molecule has 1 unspecified atom stereocenters. The fraction of sp³-hybridized carbons (Fsp3) is 0.192. The molecule has 33 heavy (non-hydrogen) atoms. The summed E-state index contributed by atoms with van der Waals surface area (Å²) in [6.07, 6.45) is 1.59. The first-order valence-electron chi connectivity index (χ1n) is 10.4. The molecule has 1 aromatic heterocycles. The van der Waals surface area contributed by atoms with Crippen LogP contribution in [0.1, 0.15) is 28.4 Å². The van der Waals surface area contributed by atoms with Gasteiger partial charge >= 0.3 is 0 Å². The number of aromatic nitrogens is 1. The fourth-order valence-electron chi connectivity index (χ4n) is 3.93. The third-order valence-corrected chi connectivity index (χ3v) is 5.84. The maximum absolute atomic E-state index is 13.3. The third kappa shape index (κ3) is 3.82. The number of aliphatic hydroxyl groups is 1. The highest BCUT2D eigenvalue weighted by molar-refractivity contribution is 6.51. The quantitative estimate of drug-likeness (QED) is 0.358. The number of pyridine rings is 1. The first-order valence-corrected chi connectivity index (χ1v) is 10.4. The second-order valence-electron chi connectivity index (χ2n) is 7.76. The van der Waals surface area contributed by atoms with Crippen molar-refractivity contribution in [3.05, 3.63) is 88.8 Å². The molecule has 0 radical (unpaired) electrons. The Morgan fingerprint density at radius 1 is 0.970 bits per heavy atom. The van der Waals surface area contributed by atoms with Crippen molar-refractivity contribution in [3.8, 4) is 11.5 Å². The van der Waals surface area contributed by atoms with Gasteiger partial charge in [0.05, 0.1) is 31.1 Å². The zero-order valence-corrected chi connectivity index (χ0v) is 18.8. The topological polar surface area (TPSA) is 89.0 Å². The van der Waals surface area contributed by atoms with Crippen LogP contribution in [-0.2, 0) is 9.59 Å². The highest BCUT2D eigenvalue weighted by atomic mass is 16.5. The van der Waals surface area contributed by atoms with Crippen molar-refractivity contribution < 1.29 is 24.2 Å². The molecule has 7 heteroatoms. The van der Waals surface area contributed by atoms with E-state index in [1.807, 2.05) is 26.0 Å². The van der Waals surface area contributed by atoms with Crippen molar-refractivity contribution in [2.75, 3.05) is 19.1 Å². The van der Waals surface area contributed by atoms with E-state index in [0.717, 1.165) is 11.1 Å². The lowest BCUT2D eigenvalue weighted by Gasteiger charge is -2.25. The predicted octanol–water partition coefficient (Wildman–Crippen LogP) is 4.34. The number of methoxy groups -OCH3 is 2. The van der Waals surface area contributed by atoms with Gasteiger partial charge < -0.3 is 14.6 Å². The Morgan fingerprint density at radius 2 is 1.76 bits per heavy atom. The van der Waals surface area contributed by atoms with Gasteiger partial charge in [-0.25, -0.2) is 0 Å². The number of benzene rings is 2. The van der Waals surface area contributed by atoms with E-state index < -0.39 is 17.7 Å². The van der Waals surface area contributed by atoms with E-state index in [1.54, 1.807) is 48.7 Å². The monoisotopic (exact) mass is 444 g/mol. The van der Waals surface area contributed by atoms with Gasteiger partial charge in [0.1, 0.15) is 23.3 Å². The Morgan fingerprint density at radius 3 is 2.39 bits per heavy atom. The molecule has 3 aromatic rings. The zero-order chi connectivity index (χ0) is 23.7. The Balaban J connectivity index is 1.96. The standard InChI is InChI=1S/C26H24N2O5/c1-15-8-9-17(13-16(15)2)28-23(20-7-5-6-12-27-20)22(25(30)26(28)31)24(29)19-11-10-18(32-3)14-21(19)33-4/h5-14,23,29H,1-4H3/b24-22-. The number of Topliss-reactive ketones (excluding diaryl/α,β-unsaturated/α-hetero) is 1. The summed E-state index contributed by atoms with van der Waals surface area (Å²) in [6, 6.07) is 14.7. The fourth-order valence-corrected chi connectivity index (χ4v) is 3.93. The number of rotatable bonds is 5. The summed E-state index contributed by atoms with van der Waals surface area (Å²) in [4.78, 5) is 32.3. The number of ketones is 1. The van der Waals surface area contributed by atoms with Crippen LogP contribution < -0.4 is 14.4 Å². The largest absolute Gasteiger partial charge is 0.507 e. The Kier molecular flexibility index (Phi) is 5.87. The SMILES string of the molecule is COc1ccc(/C(O)=C2/C(=O)C(=O)N(c3ccc(C)c(C)c3)C2c2ccccn2)c(OC)c1. The minimum atomic E-state index is -0.903. The van der Waals surface area contributed by atoms with Crippen LogP contribution in [0.4, 0.5) is 5.69 Å². The molecular weight excluding hydrogens is 420 g/mol. The van der Waals surface area contributed by atoms with Crippen LogP contribution in [0.15, 0.2) is 66.4 Å². The lowest BCUT2D eigenvalue weighted by Crippen LogP contribution is -2.29. The van der Waals surface area contributed by atoms with Gasteiger partial charge in [0.25, 0.3) is 11.7 Å². The number of nitrogens with zero attached hydrogens (tertiary/aromatic N) is 2. The van der Waals surface area contributed by atoms with Gasteiger partial charge in [0.15, 0.2) is 0 Å². The van der Waals surface area contributed by atoms with Crippen molar-refractivity contribution in [2.45, 2.75) is 19.9 Å². The van der Waals surface area contributed by atoms with Crippen LogP contribution in [0.2, 0.25) is 0 Å². The Labute approximate surface area is 191 Å². The zero-order valence-electron chi connectivity index (χ0n) is 18.8. The van der Waals surface area contributed by atoms with Crippen molar-refractivity contribution >= 4 is 23.1 Å². The van der Waals surface area contributed by atoms with E-state index in [0.29, 0.717) is 22.9 Å². The van der Waals surface area contributed by atoms with E-state index in [2.05, 4.69) is 4.98 Å². The second-order valence-corrected chi connectivity index (χ2v) is 7.76. The lowest BCUT2D eigenvalue weighted by molar-refractivity contribution is -0.132. The number of aryl methyl sites for hydroxylation is 2. The number of ether oxygens (including phenoxy) is 2. The molecule has 1 atom stereocenters. The maximum atomic E-state index is 13.3. The first-order chi connectivity index (χ1) is 15.9. The van der Waals surface area contributed by atoms with Crippen molar-refractivity contribution in [3.63, 3.8) is 0 Å². The van der Waals surface area contributed by atoms with Gasteiger partial charge in [-0.15, -0.1) is 0 Å². The molecule has 1 aliphatic rings. The molecule has 1 N–H and O–H groups in total. The normalized spacial score (nSPS) is 17.3. The first kappa shape index (κ1) is 22.1. The Bertz CT molecular complexity index is 1270. The molecule has 168 valence electrons. The third-order valence-electron chi connectivity index (χ3n) is 5.84. The number of hydrogen-bond acceptors (Lipinski definition) is 6. The van der Waals surface area contributed by atoms with E-state index in [9.17, 15) is 14.7 Å². The molecule has 0 aliphatic carbocycles. The molecule has 7 nitrogen and oxygen atoms in total. The van der Waals surface area contributed by atoms with Crippen LogP contribution in [-0.4, -0.2) is 36.0 Å². The maximum Gasteiger partial charge on any atom is 0.300 e. The van der Waals surface area contributed by atoms with Crippen molar-refractivity contribution in [2.24, 2.45) is 0 Å².